The predicted molar refractivity (Wildman–Crippen MR) is 162 cm³/mol. The highest BCUT2D eigenvalue weighted by molar-refractivity contribution is 6.04. The van der Waals surface area contributed by atoms with Crippen LogP contribution >= 0.6 is 0 Å². The molecular formula is C31H37FN8O. The lowest BCUT2D eigenvalue weighted by molar-refractivity contribution is -0.114. The summed E-state index contributed by atoms with van der Waals surface area (Å²) >= 11 is 0. The minimum atomic E-state index is -0.556. The zero-order chi connectivity index (χ0) is 28.6. The Hall–Kier alpha value is -4.02. The van der Waals surface area contributed by atoms with Crippen molar-refractivity contribution in [2.75, 3.05) is 80.8 Å². The van der Waals surface area contributed by atoms with Crippen LogP contribution in [-0.2, 0) is 10.2 Å². The summed E-state index contributed by atoms with van der Waals surface area (Å²) < 4.78 is 14.8. The average molecular weight is 557 g/mol. The summed E-state index contributed by atoms with van der Waals surface area (Å²) in [4.78, 5) is 30.2. The lowest BCUT2D eigenvalue weighted by atomic mass is 9.98. The minimum absolute atomic E-state index is 0.0348. The van der Waals surface area contributed by atoms with Gasteiger partial charge in [0.1, 0.15) is 0 Å². The van der Waals surface area contributed by atoms with Gasteiger partial charge in [0.15, 0.2) is 11.6 Å². The van der Waals surface area contributed by atoms with E-state index in [1.807, 2.05) is 54.2 Å². The number of benzene rings is 2. The smallest absolute Gasteiger partial charge is 0.250 e. The van der Waals surface area contributed by atoms with E-state index in [0.717, 1.165) is 56.6 Å². The Morgan fingerprint density at radius 3 is 2.49 bits per heavy atom. The topological polar surface area (TPSA) is 79.9 Å². The number of carbonyl (C=O) groups excluding carboxylic acids is 1. The Labute approximate surface area is 240 Å². The number of halogens is 1. The van der Waals surface area contributed by atoms with E-state index in [0.29, 0.717) is 24.7 Å². The largest absolute Gasteiger partial charge is 0.369 e. The Bertz CT molecular complexity index is 1440. The van der Waals surface area contributed by atoms with Crippen LogP contribution in [0.4, 0.5) is 38.9 Å². The van der Waals surface area contributed by atoms with Crippen LogP contribution in [0.5, 0.6) is 0 Å². The summed E-state index contributed by atoms with van der Waals surface area (Å²) in [5.41, 5.74) is 4.77. The summed E-state index contributed by atoms with van der Waals surface area (Å²) in [5, 5.41) is 6.29. The first kappa shape index (κ1) is 27.2. The molecule has 2 aromatic carbocycles. The molecule has 1 amide bonds. The van der Waals surface area contributed by atoms with Crippen molar-refractivity contribution in [2.45, 2.75) is 18.3 Å². The number of nitrogens with one attached hydrogen (secondary N) is 2. The van der Waals surface area contributed by atoms with Gasteiger partial charge in [-0.3, -0.25) is 4.79 Å². The van der Waals surface area contributed by atoms with Gasteiger partial charge >= 0.3 is 0 Å². The number of nitrogens with zero attached hydrogens (tertiary/aromatic N) is 6. The standard InChI is InChI=1S/C31H37FN8O/c1-37(2)14-4-5-28(41)40-21-31(12-13-31)25-11-8-23(19-27(25)40)34-29-26(32)20-33-30(36-29)35-22-6-9-24(10-7-22)39-17-15-38(3)16-18-39/h4-11,19-20H,12-18,21H2,1-3H3,(H2,33,34,35,36)/b5-4+. The maximum atomic E-state index is 14.8. The lowest BCUT2D eigenvalue weighted by Crippen LogP contribution is -2.44. The van der Waals surface area contributed by atoms with Gasteiger partial charge in [-0.15, -0.1) is 0 Å². The zero-order valence-electron chi connectivity index (χ0n) is 23.9. The molecule has 214 valence electrons. The number of hydrogen-bond donors (Lipinski definition) is 2. The molecule has 2 fully saturated rings. The Morgan fingerprint density at radius 2 is 1.78 bits per heavy atom. The quantitative estimate of drug-likeness (QED) is 0.397. The molecule has 3 aliphatic rings. The van der Waals surface area contributed by atoms with E-state index in [9.17, 15) is 9.18 Å². The SMILES string of the molecule is CN(C)C/C=C/C(=O)N1CC2(CC2)c2ccc(Nc3nc(Nc4ccc(N5CCN(C)CC5)cc4)ncc3F)cc21. The fourth-order valence-electron chi connectivity index (χ4n) is 5.58. The molecule has 3 aromatic rings. The highest BCUT2D eigenvalue weighted by atomic mass is 19.1. The van der Waals surface area contributed by atoms with E-state index in [4.69, 9.17) is 0 Å². The first-order valence-electron chi connectivity index (χ1n) is 14.2. The fraction of sp³-hybridized carbons (Fsp3) is 0.387. The zero-order valence-corrected chi connectivity index (χ0v) is 23.9. The molecule has 1 aromatic heterocycles. The molecule has 3 heterocycles. The highest BCUT2D eigenvalue weighted by Crippen LogP contribution is 2.57. The Balaban J connectivity index is 1.16. The monoisotopic (exact) mass is 556 g/mol. The maximum Gasteiger partial charge on any atom is 0.250 e. The number of rotatable bonds is 8. The number of anilines is 6. The van der Waals surface area contributed by atoms with E-state index in [-0.39, 0.29) is 17.1 Å². The fourth-order valence-corrected chi connectivity index (χ4v) is 5.58. The van der Waals surface area contributed by atoms with E-state index >= 15 is 0 Å². The van der Waals surface area contributed by atoms with E-state index in [1.165, 1.54) is 11.3 Å². The van der Waals surface area contributed by atoms with Crippen molar-refractivity contribution in [1.82, 2.24) is 19.8 Å². The summed E-state index contributed by atoms with van der Waals surface area (Å²) in [6, 6.07) is 14.0. The van der Waals surface area contributed by atoms with Crippen LogP contribution in [0.25, 0.3) is 0 Å². The van der Waals surface area contributed by atoms with Crippen LogP contribution < -0.4 is 20.4 Å². The molecule has 1 saturated carbocycles. The summed E-state index contributed by atoms with van der Waals surface area (Å²) in [6.45, 7) is 5.48. The molecule has 1 spiro atoms. The second-order valence-corrected chi connectivity index (χ2v) is 11.6. The molecule has 2 N–H and O–H groups in total. The third kappa shape index (κ3) is 5.89. The van der Waals surface area contributed by atoms with Crippen molar-refractivity contribution in [2.24, 2.45) is 0 Å². The molecule has 10 heteroatoms. The second-order valence-electron chi connectivity index (χ2n) is 11.6. The molecule has 0 unspecified atom stereocenters. The molecule has 0 atom stereocenters. The van der Waals surface area contributed by atoms with Crippen molar-refractivity contribution in [3.8, 4) is 0 Å². The summed E-state index contributed by atoms with van der Waals surface area (Å²) in [7, 11) is 6.08. The molecule has 0 bridgehead atoms. The number of likely N-dealkylation sites (N-methyl/N-ethyl adjacent to an activating group) is 2. The molecule has 41 heavy (non-hydrogen) atoms. The van der Waals surface area contributed by atoms with Crippen LogP contribution in [-0.4, -0.2) is 86.1 Å². The number of hydrogen-bond acceptors (Lipinski definition) is 8. The van der Waals surface area contributed by atoms with Crippen LogP contribution in [0, 0.1) is 5.82 Å². The molecule has 1 saturated heterocycles. The van der Waals surface area contributed by atoms with Crippen molar-refractivity contribution >= 4 is 40.4 Å². The Kier molecular flexibility index (Phi) is 7.35. The van der Waals surface area contributed by atoms with Gasteiger partial charge in [-0.25, -0.2) is 9.37 Å². The molecule has 9 nitrogen and oxygen atoms in total. The Morgan fingerprint density at radius 1 is 1.05 bits per heavy atom. The summed E-state index contributed by atoms with van der Waals surface area (Å²) in [5.74, 6) is -0.228. The second kappa shape index (κ2) is 11.1. The minimum Gasteiger partial charge on any atom is -0.369 e. The normalized spacial score (nSPS) is 17.9. The number of carbonyl (C=O) groups is 1. The van der Waals surface area contributed by atoms with E-state index in [1.54, 1.807) is 6.08 Å². The predicted octanol–water partition coefficient (Wildman–Crippen LogP) is 4.35. The molecule has 6 rings (SSSR count). The van der Waals surface area contributed by atoms with Crippen molar-refractivity contribution in [3.05, 3.63) is 72.2 Å². The molecule has 2 aliphatic heterocycles. The van der Waals surface area contributed by atoms with Crippen LogP contribution in [0.1, 0.15) is 18.4 Å². The van der Waals surface area contributed by atoms with Crippen molar-refractivity contribution in [1.29, 1.82) is 0 Å². The highest BCUT2D eigenvalue weighted by Gasteiger charge is 2.52. The number of amides is 1. The van der Waals surface area contributed by atoms with Crippen molar-refractivity contribution in [3.63, 3.8) is 0 Å². The van der Waals surface area contributed by atoms with Gasteiger partial charge in [-0.1, -0.05) is 12.1 Å². The first-order chi connectivity index (χ1) is 19.8. The lowest BCUT2D eigenvalue weighted by Gasteiger charge is -2.34. The molecule has 0 radical (unpaired) electrons. The van der Waals surface area contributed by atoms with E-state index < -0.39 is 5.82 Å². The summed E-state index contributed by atoms with van der Waals surface area (Å²) in [6.07, 6.45) is 6.83. The first-order valence-corrected chi connectivity index (χ1v) is 14.2. The third-order valence-corrected chi connectivity index (χ3v) is 8.17. The van der Waals surface area contributed by atoms with Crippen LogP contribution in [0.3, 0.4) is 0 Å². The van der Waals surface area contributed by atoms with Gasteiger partial charge in [0, 0.05) is 73.5 Å². The number of piperazine rings is 1. The molecule has 1 aliphatic carbocycles. The van der Waals surface area contributed by atoms with Crippen molar-refractivity contribution < 1.29 is 9.18 Å². The van der Waals surface area contributed by atoms with Gasteiger partial charge in [-0.05, 0) is 75.9 Å². The van der Waals surface area contributed by atoms with Gasteiger partial charge in [0.2, 0.25) is 5.95 Å². The number of aromatic nitrogens is 2. The van der Waals surface area contributed by atoms with Gasteiger partial charge < -0.3 is 30.2 Å². The van der Waals surface area contributed by atoms with E-state index in [2.05, 4.69) is 55.6 Å². The van der Waals surface area contributed by atoms with Crippen LogP contribution in [0.15, 0.2) is 60.8 Å². The van der Waals surface area contributed by atoms with Gasteiger partial charge in [0.05, 0.1) is 6.20 Å². The van der Waals surface area contributed by atoms with Gasteiger partial charge in [0.25, 0.3) is 5.91 Å². The maximum absolute atomic E-state index is 14.8. The van der Waals surface area contributed by atoms with Gasteiger partial charge in [-0.2, -0.15) is 4.98 Å². The average Bonchev–Trinajstić information content (AvgIpc) is 3.67. The third-order valence-electron chi connectivity index (χ3n) is 8.17. The number of fused-ring (bicyclic) bond motifs is 2. The van der Waals surface area contributed by atoms with Crippen LogP contribution in [0.2, 0.25) is 0 Å². The molecular weight excluding hydrogens is 519 g/mol.